The average molecular weight is 854 g/mol. The van der Waals surface area contributed by atoms with E-state index >= 15 is 0 Å². The number of benzene rings is 10. The zero-order valence-electron chi connectivity index (χ0n) is 36.7. The molecule has 0 N–H and O–H groups in total. The Morgan fingerprint density at radius 3 is 1.57 bits per heavy atom. The van der Waals surface area contributed by atoms with Crippen LogP contribution in [0.5, 0.6) is 0 Å². The summed E-state index contributed by atoms with van der Waals surface area (Å²) in [6.45, 7) is 0. The molecule has 0 radical (unpaired) electrons. The van der Waals surface area contributed by atoms with Gasteiger partial charge in [0.25, 0.3) is 0 Å². The van der Waals surface area contributed by atoms with Crippen LogP contribution in [-0.2, 0) is 11.8 Å². The summed E-state index contributed by atoms with van der Waals surface area (Å²) < 4.78 is 0. The normalized spacial score (nSPS) is 14.4. The summed E-state index contributed by atoms with van der Waals surface area (Å²) in [4.78, 5) is 15.1. The molecular formula is C64H43N3. The Kier molecular flexibility index (Phi) is 9.21. The molecular weight excluding hydrogens is 811 g/mol. The maximum absolute atomic E-state index is 5.09. The zero-order valence-corrected chi connectivity index (χ0v) is 36.7. The number of aromatic nitrogens is 3. The van der Waals surface area contributed by atoms with Crippen LogP contribution < -0.4 is 0 Å². The number of rotatable bonds is 7. The first-order valence-corrected chi connectivity index (χ1v) is 23.2. The van der Waals surface area contributed by atoms with E-state index in [4.69, 9.17) is 15.0 Å². The highest BCUT2D eigenvalue weighted by atomic mass is 15.0. The average Bonchev–Trinajstić information content (AvgIpc) is 3.72. The van der Waals surface area contributed by atoms with Crippen molar-refractivity contribution in [1.82, 2.24) is 15.0 Å². The maximum atomic E-state index is 5.09. The highest BCUT2D eigenvalue weighted by Crippen LogP contribution is 2.57. The fourth-order valence-electron chi connectivity index (χ4n) is 11.2. The molecule has 0 fully saturated rings. The third kappa shape index (κ3) is 6.30. The summed E-state index contributed by atoms with van der Waals surface area (Å²) in [7, 11) is 0. The highest BCUT2D eigenvalue weighted by Gasteiger charge is 2.46. The van der Waals surface area contributed by atoms with Crippen LogP contribution in [0, 0.1) is 0 Å². The monoisotopic (exact) mass is 853 g/mol. The molecule has 1 atom stereocenters. The minimum Gasteiger partial charge on any atom is -0.208 e. The molecule has 67 heavy (non-hydrogen) atoms. The van der Waals surface area contributed by atoms with Crippen LogP contribution in [0.2, 0.25) is 0 Å². The second kappa shape index (κ2) is 15.9. The molecule has 0 bridgehead atoms. The van der Waals surface area contributed by atoms with Crippen LogP contribution in [0.4, 0.5) is 0 Å². The minimum atomic E-state index is -0.444. The van der Waals surface area contributed by atoms with Gasteiger partial charge < -0.3 is 0 Å². The summed E-state index contributed by atoms with van der Waals surface area (Å²) in [6, 6.07) is 83.4. The molecule has 11 aromatic rings. The molecule has 1 aromatic heterocycles. The van der Waals surface area contributed by atoms with E-state index in [9.17, 15) is 0 Å². The lowest BCUT2D eigenvalue weighted by Crippen LogP contribution is -2.28. The van der Waals surface area contributed by atoms with E-state index in [2.05, 4.69) is 206 Å². The van der Waals surface area contributed by atoms with Crippen LogP contribution in [-0.4, -0.2) is 15.0 Å². The van der Waals surface area contributed by atoms with Gasteiger partial charge in [0.1, 0.15) is 0 Å². The summed E-state index contributed by atoms with van der Waals surface area (Å²) in [6.07, 6.45) is 5.77. The van der Waals surface area contributed by atoms with Crippen molar-refractivity contribution in [3.63, 3.8) is 0 Å². The molecule has 3 heteroatoms. The number of hydrogen-bond donors (Lipinski definition) is 0. The van der Waals surface area contributed by atoms with Gasteiger partial charge in [-0.15, -0.1) is 0 Å². The molecule has 3 nitrogen and oxygen atoms in total. The topological polar surface area (TPSA) is 38.7 Å². The van der Waals surface area contributed by atoms with Crippen LogP contribution in [0.25, 0.3) is 84.0 Å². The zero-order chi connectivity index (χ0) is 44.3. The van der Waals surface area contributed by atoms with Crippen molar-refractivity contribution in [2.24, 2.45) is 0 Å². The lowest BCUT2D eigenvalue weighted by Gasteiger charge is -2.34. The van der Waals surface area contributed by atoms with E-state index in [1.807, 2.05) is 36.4 Å². The maximum Gasteiger partial charge on any atom is 0.164 e. The second-order valence-electron chi connectivity index (χ2n) is 17.8. The van der Waals surface area contributed by atoms with Gasteiger partial charge in [-0.1, -0.05) is 237 Å². The molecule has 314 valence electrons. The molecule has 13 rings (SSSR count). The van der Waals surface area contributed by atoms with Gasteiger partial charge in [-0.3, -0.25) is 0 Å². The van der Waals surface area contributed by atoms with Gasteiger partial charge in [-0.05, 0) is 95.2 Å². The molecule has 0 saturated carbocycles. The molecule has 0 spiro atoms. The Bertz CT molecular complexity index is 3610. The molecule has 10 aromatic carbocycles. The van der Waals surface area contributed by atoms with Gasteiger partial charge in [-0.25, -0.2) is 15.0 Å². The predicted molar refractivity (Wildman–Crippen MR) is 276 cm³/mol. The van der Waals surface area contributed by atoms with Crippen molar-refractivity contribution in [2.75, 3.05) is 0 Å². The Hall–Kier alpha value is -8.53. The quantitative estimate of drug-likeness (QED) is 0.150. The van der Waals surface area contributed by atoms with Gasteiger partial charge in [0.2, 0.25) is 0 Å². The van der Waals surface area contributed by atoms with Gasteiger partial charge in [0.15, 0.2) is 17.5 Å². The van der Waals surface area contributed by atoms with E-state index < -0.39 is 5.41 Å². The minimum absolute atomic E-state index is 0.184. The highest BCUT2D eigenvalue weighted by molar-refractivity contribution is 6.17. The summed E-state index contributed by atoms with van der Waals surface area (Å²) in [5.74, 6) is 2.13. The predicted octanol–water partition coefficient (Wildman–Crippen LogP) is 15.6. The number of allylic oxidation sites excluding steroid dienone is 1. The summed E-state index contributed by atoms with van der Waals surface area (Å²) in [5, 5.41) is 5.11. The van der Waals surface area contributed by atoms with Crippen molar-refractivity contribution in [2.45, 2.75) is 17.8 Å². The fraction of sp³-hybridized carbons (Fsp3) is 0.0469. The second-order valence-corrected chi connectivity index (χ2v) is 17.8. The van der Waals surface area contributed by atoms with Crippen LogP contribution >= 0.6 is 0 Å². The van der Waals surface area contributed by atoms with Crippen molar-refractivity contribution < 1.29 is 0 Å². The molecule has 2 aliphatic rings. The largest absolute Gasteiger partial charge is 0.208 e. The molecule has 2 aliphatic carbocycles. The molecule has 0 amide bonds. The Labute approximate surface area is 390 Å². The molecule has 1 heterocycles. The van der Waals surface area contributed by atoms with Crippen molar-refractivity contribution in [3.05, 3.63) is 276 Å². The van der Waals surface area contributed by atoms with Crippen LogP contribution in [0.3, 0.4) is 0 Å². The van der Waals surface area contributed by atoms with Crippen molar-refractivity contribution in [3.8, 4) is 56.4 Å². The van der Waals surface area contributed by atoms with E-state index in [1.165, 1.54) is 77.2 Å². The van der Waals surface area contributed by atoms with E-state index in [0.717, 1.165) is 28.7 Å². The SMILES string of the molecule is C1=CC(c2ccc3c(c2)C(c2ccccc2)(c2ccccc2)c2ccccc2-3)Cc2c1c1c(-c3cccc(-c4nc(-c5ccccc5)nc(-c5ccccc5)n4)c3)cccc1c1ccccc21. The Morgan fingerprint density at radius 1 is 0.373 bits per heavy atom. The first-order chi connectivity index (χ1) is 33.2. The van der Waals surface area contributed by atoms with E-state index in [-0.39, 0.29) is 5.92 Å². The number of nitrogens with zero attached hydrogens (tertiary/aromatic N) is 3. The lowest BCUT2D eigenvalue weighted by molar-refractivity contribution is 0.760. The lowest BCUT2D eigenvalue weighted by atomic mass is 9.67. The summed E-state index contributed by atoms with van der Waals surface area (Å²) >= 11 is 0. The van der Waals surface area contributed by atoms with Gasteiger partial charge >= 0.3 is 0 Å². The Morgan fingerprint density at radius 2 is 0.881 bits per heavy atom. The Balaban J connectivity index is 0.952. The van der Waals surface area contributed by atoms with E-state index in [0.29, 0.717) is 17.5 Å². The van der Waals surface area contributed by atoms with E-state index in [1.54, 1.807) is 0 Å². The van der Waals surface area contributed by atoms with Crippen molar-refractivity contribution >= 4 is 27.6 Å². The third-order valence-corrected chi connectivity index (χ3v) is 14.2. The molecule has 0 aliphatic heterocycles. The van der Waals surface area contributed by atoms with Gasteiger partial charge in [0, 0.05) is 22.6 Å². The molecule has 1 unspecified atom stereocenters. The fourth-order valence-corrected chi connectivity index (χ4v) is 11.2. The van der Waals surface area contributed by atoms with Gasteiger partial charge in [-0.2, -0.15) is 0 Å². The van der Waals surface area contributed by atoms with Gasteiger partial charge in [0.05, 0.1) is 5.41 Å². The standard InChI is InChI=1S/C64H43N3/c1-5-19-42(20-6-1)61-65-62(43-21-7-2-8-22-43)67-63(66-61)47-24-17-23-46(39-47)50-32-18-33-55-51-29-13-14-30-52(51)57-40-44(36-38-56(57)60(50)55)45-35-37-54-53-31-15-16-34-58(53)64(59(54)41-45,48-25-9-3-10-26-48)49-27-11-4-12-28-49/h1-39,41,44H,40H2. The number of hydrogen-bond acceptors (Lipinski definition) is 3. The third-order valence-electron chi connectivity index (χ3n) is 14.2. The van der Waals surface area contributed by atoms with Crippen molar-refractivity contribution in [1.29, 1.82) is 0 Å². The first-order valence-electron chi connectivity index (χ1n) is 23.2. The summed E-state index contributed by atoms with van der Waals surface area (Å²) in [5.41, 5.74) is 16.6. The molecule has 0 saturated heterocycles. The first kappa shape index (κ1) is 38.9. The van der Waals surface area contributed by atoms with Crippen LogP contribution in [0.1, 0.15) is 44.9 Å². The van der Waals surface area contributed by atoms with Crippen LogP contribution in [0.15, 0.2) is 237 Å². The number of fused-ring (bicyclic) bond motifs is 9. The smallest absolute Gasteiger partial charge is 0.164 e.